The van der Waals surface area contributed by atoms with E-state index in [1.807, 2.05) is 0 Å². The average molecular weight is 367 g/mol. The Morgan fingerprint density at radius 3 is 2.27 bits per heavy atom. The van der Waals surface area contributed by atoms with Crippen molar-refractivity contribution in [2.75, 3.05) is 0 Å². The molecule has 12 heteroatoms. The van der Waals surface area contributed by atoms with Crippen LogP contribution in [-0.4, -0.2) is 29.5 Å². The Hall–Kier alpha value is -1.68. The predicted octanol–water partition coefficient (Wildman–Crippen LogP) is 3.83. The number of nitrogens with one attached hydrogen (secondary N) is 1. The predicted molar refractivity (Wildman–Crippen MR) is 66.4 cm³/mol. The molecule has 22 heavy (non-hydrogen) atoms. The Morgan fingerprint density at radius 1 is 1.27 bits per heavy atom. The number of carbonyl (C=O) groups is 1. The summed E-state index contributed by atoms with van der Waals surface area (Å²) >= 11 is 11.1. The monoisotopic (exact) mass is 366 g/mol. The van der Waals surface area contributed by atoms with Gasteiger partial charge in [0, 0.05) is 6.07 Å². The van der Waals surface area contributed by atoms with Gasteiger partial charge in [0.05, 0.1) is 15.5 Å². The van der Waals surface area contributed by atoms with Crippen LogP contribution in [0.25, 0.3) is 0 Å². The summed E-state index contributed by atoms with van der Waals surface area (Å²) in [7, 11) is 0. The van der Waals surface area contributed by atoms with E-state index in [0.717, 1.165) is 17.4 Å². The van der Waals surface area contributed by atoms with Gasteiger partial charge in [-0.05, 0) is 6.07 Å². The number of rotatable bonds is 5. The molecule has 0 radical (unpaired) electrons. The molecule has 1 N–H and O–H groups in total. The molecule has 0 aliphatic rings. The van der Waals surface area contributed by atoms with E-state index in [1.54, 1.807) is 0 Å². The van der Waals surface area contributed by atoms with Crippen molar-refractivity contribution in [3.8, 4) is 0 Å². The lowest BCUT2D eigenvalue weighted by atomic mass is 10.1. The zero-order valence-corrected chi connectivity index (χ0v) is 11.6. The lowest BCUT2D eigenvalue weighted by molar-refractivity contribution is -0.384. The lowest BCUT2D eigenvalue weighted by Crippen LogP contribution is -2.48. The zero-order valence-electron chi connectivity index (χ0n) is 10.1. The molecule has 0 heterocycles. The lowest BCUT2D eigenvalue weighted by Gasteiger charge is -2.20. The van der Waals surface area contributed by atoms with E-state index in [0.29, 0.717) is 0 Å². The van der Waals surface area contributed by atoms with Gasteiger partial charge < -0.3 is 5.32 Å². The van der Waals surface area contributed by atoms with Crippen LogP contribution in [0, 0.1) is 10.1 Å². The number of nitro groups is 1. The normalized spacial score (nSPS) is 13.1. The minimum Gasteiger partial charge on any atom is -0.317 e. The third kappa shape index (κ3) is 3.55. The van der Waals surface area contributed by atoms with E-state index < -0.39 is 50.8 Å². The summed E-state index contributed by atoms with van der Waals surface area (Å²) < 4.78 is 62.5. The maximum absolute atomic E-state index is 13.1. The van der Waals surface area contributed by atoms with Gasteiger partial charge in [-0.15, -0.1) is 0 Å². The smallest absolute Gasteiger partial charge is 0.317 e. The van der Waals surface area contributed by atoms with Crippen molar-refractivity contribution in [2.24, 2.45) is 0 Å². The maximum atomic E-state index is 13.1. The first-order valence-electron chi connectivity index (χ1n) is 5.23. The van der Waals surface area contributed by atoms with Crippen LogP contribution >= 0.6 is 23.2 Å². The van der Waals surface area contributed by atoms with E-state index >= 15 is 0 Å². The number of hydrogen-bond donors (Lipinski definition) is 1. The van der Waals surface area contributed by atoms with Gasteiger partial charge in [0.1, 0.15) is 5.02 Å². The second kappa shape index (κ2) is 6.61. The molecule has 0 aliphatic carbocycles. The van der Waals surface area contributed by atoms with Crippen molar-refractivity contribution in [3.63, 3.8) is 0 Å². The Kier molecular flexibility index (Phi) is 5.52. The topological polar surface area (TPSA) is 72.2 Å². The number of carbonyl (C=O) groups excluding carboxylic acids is 1. The molecule has 1 atom stereocenters. The first-order chi connectivity index (χ1) is 10.00. The summed E-state index contributed by atoms with van der Waals surface area (Å²) in [5.74, 6) is -6.86. The molecule has 5 nitrogen and oxygen atoms in total. The number of alkyl halides is 5. The molecule has 0 spiro atoms. The number of hydrogen-bond acceptors (Lipinski definition) is 3. The molecule has 1 aromatic carbocycles. The van der Waals surface area contributed by atoms with E-state index in [1.165, 1.54) is 0 Å². The minimum absolute atomic E-state index is 0.513. The van der Waals surface area contributed by atoms with Crippen molar-refractivity contribution in [1.29, 1.82) is 0 Å². The Labute approximate surface area is 129 Å². The van der Waals surface area contributed by atoms with Crippen LogP contribution in [0.3, 0.4) is 0 Å². The zero-order chi connectivity index (χ0) is 17.2. The van der Waals surface area contributed by atoms with Gasteiger partial charge in [-0.2, -0.15) is 8.78 Å². The molecule has 0 fully saturated rings. The fourth-order valence-electron chi connectivity index (χ4n) is 1.28. The molecule has 1 aromatic rings. The molecule has 0 bridgehead atoms. The summed E-state index contributed by atoms with van der Waals surface area (Å²) in [4.78, 5) is 21.2. The van der Waals surface area contributed by atoms with Crippen molar-refractivity contribution in [1.82, 2.24) is 5.32 Å². The van der Waals surface area contributed by atoms with Crippen LogP contribution in [0.4, 0.5) is 27.6 Å². The SMILES string of the molecule is O=C(NC(F)C(F)(F)C(F)F)c1c(Cl)ccc([N+](=O)[O-])c1Cl. The summed E-state index contributed by atoms with van der Waals surface area (Å²) in [6.45, 7) is 0. The Balaban J connectivity index is 3.14. The van der Waals surface area contributed by atoms with Crippen molar-refractivity contribution < 1.29 is 31.7 Å². The van der Waals surface area contributed by atoms with Gasteiger partial charge >= 0.3 is 12.3 Å². The third-order valence-corrected chi connectivity index (χ3v) is 3.08. The average Bonchev–Trinajstić information content (AvgIpc) is 2.37. The molecule has 122 valence electrons. The second-order valence-electron chi connectivity index (χ2n) is 3.82. The van der Waals surface area contributed by atoms with Gasteiger partial charge in [0.25, 0.3) is 11.6 Å². The van der Waals surface area contributed by atoms with E-state index in [-0.39, 0.29) is 0 Å². The van der Waals surface area contributed by atoms with Crippen LogP contribution in [0.15, 0.2) is 12.1 Å². The Bertz CT molecular complexity index is 614. The quantitative estimate of drug-likeness (QED) is 0.372. The molecule has 0 saturated heterocycles. The molecule has 1 unspecified atom stereocenters. The van der Waals surface area contributed by atoms with Crippen LogP contribution in [-0.2, 0) is 0 Å². The van der Waals surface area contributed by atoms with Gasteiger partial charge in [0.2, 0.25) is 6.30 Å². The molecule has 0 saturated carbocycles. The highest BCUT2D eigenvalue weighted by Gasteiger charge is 2.50. The van der Waals surface area contributed by atoms with Crippen LogP contribution in [0.1, 0.15) is 10.4 Å². The molecule has 1 rings (SSSR count). The van der Waals surface area contributed by atoms with Crippen molar-refractivity contribution in [3.05, 3.63) is 37.9 Å². The number of benzene rings is 1. The molecular formula is C10H5Cl2F5N2O3. The number of amides is 1. The van der Waals surface area contributed by atoms with Crippen molar-refractivity contribution in [2.45, 2.75) is 18.6 Å². The summed E-state index contributed by atoms with van der Waals surface area (Å²) in [6, 6.07) is 1.67. The van der Waals surface area contributed by atoms with Crippen molar-refractivity contribution >= 4 is 34.8 Å². The van der Waals surface area contributed by atoms with E-state index in [9.17, 15) is 36.9 Å². The Morgan fingerprint density at radius 2 is 1.82 bits per heavy atom. The summed E-state index contributed by atoms with van der Waals surface area (Å²) in [6.07, 6.45) is -8.12. The standard InChI is InChI=1S/C10H5Cl2F5N2O3/c11-3-1-2-4(19(21)22)6(12)5(3)7(20)18-9(15)10(16,17)8(13)14/h1-2,8-9H,(H,18,20). The van der Waals surface area contributed by atoms with Gasteiger partial charge in [0.15, 0.2) is 0 Å². The number of nitro benzene ring substituents is 1. The number of halogens is 7. The molecule has 1 amide bonds. The van der Waals surface area contributed by atoms with E-state index in [2.05, 4.69) is 0 Å². The molecular weight excluding hydrogens is 362 g/mol. The minimum atomic E-state index is -5.16. The first-order valence-corrected chi connectivity index (χ1v) is 5.99. The van der Waals surface area contributed by atoms with Crippen LogP contribution in [0.5, 0.6) is 0 Å². The van der Waals surface area contributed by atoms with Gasteiger partial charge in [-0.25, -0.2) is 13.2 Å². The van der Waals surface area contributed by atoms with Gasteiger partial charge in [-0.1, -0.05) is 23.2 Å². The van der Waals surface area contributed by atoms with Crippen LogP contribution in [0.2, 0.25) is 10.0 Å². The fraction of sp³-hybridized carbons (Fsp3) is 0.300. The maximum Gasteiger partial charge on any atom is 0.355 e. The second-order valence-corrected chi connectivity index (χ2v) is 4.61. The molecule has 0 aliphatic heterocycles. The largest absolute Gasteiger partial charge is 0.355 e. The fourth-order valence-corrected chi connectivity index (χ4v) is 1.90. The molecule has 0 aromatic heterocycles. The number of nitrogens with zero attached hydrogens (tertiary/aromatic N) is 1. The van der Waals surface area contributed by atoms with E-state index in [4.69, 9.17) is 23.2 Å². The first kappa shape index (κ1) is 18.4. The highest BCUT2D eigenvalue weighted by molar-refractivity contribution is 6.41. The van der Waals surface area contributed by atoms with Gasteiger partial charge in [-0.3, -0.25) is 14.9 Å². The summed E-state index contributed by atoms with van der Waals surface area (Å²) in [5.41, 5.74) is -1.68. The highest BCUT2D eigenvalue weighted by atomic mass is 35.5. The van der Waals surface area contributed by atoms with Crippen LogP contribution < -0.4 is 5.32 Å². The highest BCUT2D eigenvalue weighted by Crippen LogP contribution is 2.34. The summed E-state index contributed by atoms with van der Waals surface area (Å²) in [5, 5.41) is 10.2. The third-order valence-electron chi connectivity index (χ3n) is 2.38.